The van der Waals surface area contributed by atoms with E-state index < -0.39 is 0 Å². The fourth-order valence-corrected chi connectivity index (χ4v) is 2.56. The van der Waals surface area contributed by atoms with Crippen LogP contribution in [0, 0.1) is 0 Å². The Kier molecular flexibility index (Phi) is 4.32. The van der Waals surface area contributed by atoms with E-state index in [0.29, 0.717) is 6.04 Å². The summed E-state index contributed by atoms with van der Waals surface area (Å²) in [5, 5.41) is 15.6. The van der Waals surface area contributed by atoms with E-state index in [9.17, 15) is 0 Å². The molecule has 1 unspecified atom stereocenters. The van der Waals surface area contributed by atoms with Crippen molar-refractivity contribution < 1.29 is 5.11 Å². The zero-order valence-electron chi connectivity index (χ0n) is 9.78. The molecule has 0 bridgehead atoms. The average Bonchev–Trinajstić information content (AvgIpc) is 3.03. The van der Waals surface area contributed by atoms with Crippen LogP contribution < -0.4 is 5.32 Å². The van der Waals surface area contributed by atoms with E-state index in [0.717, 1.165) is 25.3 Å². The van der Waals surface area contributed by atoms with Crippen molar-refractivity contribution in [3.05, 3.63) is 16.1 Å². The van der Waals surface area contributed by atoms with Gasteiger partial charge in [0.25, 0.3) is 0 Å². The first-order valence-electron chi connectivity index (χ1n) is 6.08. The molecular weight excluding hydrogens is 220 g/mol. The van der Waals surface area contributed by atoms with Gasteiger partial charge in [0, 0.05) is 30.5 Å². The molecule has 1 aromatic heterocycles. The third-order valence-electron chi connectivity index (χ3n) is 2.96. The van der Waals surface area contributed by atoms with Crippen LogP contribution in [0.4, 0.5) is 0 Å². The highest BCUT2D eigenvalue weighted by atomic mass is 32.1. The van der Waals surface area contributed by atoms with Gasteiger partial charge in [-0.2, -0.15) is 0 Å². The Morgan fingerprint density at radius 1 is 1.62 bits per heavy atom. The molecular formula is C12H20N2OS. The van der Waals surface area contributed by atoms with Crippen molar-refractivity contribution in [1.82, 2.24) is 10.3 Å². The van der Waals surface area contributed by atoms with Gasteiger partial charge in [0.2, 0.25) is 0 Å². The molecule has 0 aliphatic heterocycles. The molecule has 2 N–H and O–H groups in total. The van der Waals surface area contributed by atoms with E-state index in [4.69, 9.17) is 5.11 Å². The van der Waals surface area contributed by atoms with Crippen LogP contribution in [0.5, 0.6) is 0 Å². The lowest BCUT2D eigenvalue weighted by atomic mass is 10.2. The van der Waals surface area contributed by atoms with E-state index >= 15 is 0 Å². The molecule has 0 saturated heterocycles. The third-order valence-corrected chi connectivity index (χ3v) is 3.83. The van der Waals surface area contributed by atoms with Crippen molar-refractivity contribution in [2.24, 2.45) is 0 Å². The van der Waals surface area contributed by atoms with Gasteiger partial charge in [-0.25, -0.2) is 4.98 Å². The first kappa shape index (κ1) is 12.0. The maximum Gasteiger partial charge on any atom is 0.107 e. The zero-order valence-corrected chi connectivity index (χ0v) is 10.6. The molecule has 0 amide bonds. The fourth-order valence-electron chi connectivity index (χ4n) is 1.73. The molecule has 1 atom stereocenters. The van der Waals surface area contributed by atoms with Crippen molar-refractivity contribution in [2.75, 3.05) is 6.61 Å². The standard InChI is InChI=1S/C12H20N2OS/c1-9(3-2-6-15)13-7-12-14-11(8-16-12)10-4-5-10/h8-10,13,15H,2-7H2,1H3. The first-order valence-corrected chi connectivity index (χ1v) is 6.96. The Balaban J connectivity index is 1.71. The van der Waals surface area contributed by atoms with E-state index in [1.54, 1.807) is 11.3 Å². The van der Waals surface area contributed by atoms with Crippen LogP contribution >= 0.6 is 11.3 Å². The molecule has 1 fully saturated rings. The molecule has 16 heavy (non-hydrogen) atoms. The minimum Gasteiger partial charge on any atom is -0.396 e. The number of aromatic nitrogens is 1. The molecule has 0 aromatic carbocycles. The van der Waals surface area contributed by atoms with Crippen molar-refractivity contribution in [1.29, 1.82) is 0 Å². The second kappa shape index (κ2) is 5.75. The number of nitrogens with zero attached hydrogens (tertiary/aromatic N) is 1. The van der Waals surface area contributed by atoms with E-state index in [1.807, 2.05) is 0 Å². The summed E-state index contributed by atoms with van der Waals surface area (Å²) < 4.78 is 0. The quantitative estimate of drug-likeness (QED) is 0.768. The summed E-state index contributed by atoms with van der Waals surface area (Å²) in [5.74, 6) is 0.761. The summed E-state index contributed by atoms with van der Waals surface area (Å²) in [4.78, 5) is 4.63. The molecule has 0 radical (unpaired) electrons. The molecule has 1 aromatic rings. The van der Waals surface area contributed by atoms with Gasteiger partial charge in [-0.3, -0.25) is 0 Å². The van der Waals surface area contributed by atoms with Crippen LogP contribution in [-0.4, -0.2) is 22.7 Å². The van der Waals surface area contributed by atoms with Crippen LogP contribution in [0.1, 0.15) is 49.2 Å². The summed E-state index contributed by atoms with van der Waals surface area (Å²) in [6.45, 7) is 3.31. The summed E-state index contributed by atoms with van der Waals surface area (Å²) >= 11 is 1.76. The van der Waals surface area contributed by atoms with Gasteiger partial charge in [0.05, 0.1) is 5.69 Å². The van der Waals surface area contributed by atoms with Gasteiger partial charge in [-0.15, -0.1) is 11.3 Å². The zero-order chi connectivity index (χ0) is 11.4. The van der Waals surface area contributed by atoms with Crippen molar-refractivity contribution in [2.45, 2.75) is 51.1 Å². The molecule has 2 rings (SSSR count). The molecule has 4 heteroatoms. The molecule has 1 saturated carbocycles. The Labute approximate surface area is 101 Å². The third kappa shape index (κ3) is 3.54. The average molecular weight is 240 g/mol. The van der Waals surface area contributed by atoms with Gasteiger partial charge in [-0.1, -0.05) is 0 Å². The Morgan fingerprint density at radius 3 is 3.12 bits per heavy atom. The van der Waals surface area contributed by atoms with Crippen LogP contribution in [0.25, 0.3) is 0 Å². The lowest BCUT2D eigenvalue weighted by Crippen LogP contribution is -2.25. The normalized spacial score (nSPS) is 17.6. The molecule has 1 aliphatic carbocycles. The highest BCUT2D eigenvalue weighted by Crippen LogP contribution is 2.40. The van der Waals surface area contributed by atoms with Crippen LogP contribution in [0.2, 0.25) is 0 Å². The van der Waals surface area contributed by atoms with Crippen molar-refractivity contribution in [3.63, 3.8) is 0 Å². The first-order chi connectivity index (χ1) is 7.79. The number of hydrogen-bond donors (Lipinski definition) is 2. The SMILES string of the molecule is CC(CCCO)NCc1nc(C2CC2)cs1. The summed E-state index contributed by atoms with van der Waals surface area (Å²) in [7, 11) is 0. The van der Waals surface area contributed by atoms with Gasteiger partial charge in [-0.05, 0) is 32.6 Å². The molecule has 90 valence electrons. The number of aliphatic hydroxyl groups is 1. The largest absolute Gasteiger partial charge is 0.396 e. The number of aliphatic hydroxyl groups excluding tert-OH is 1. The molecule has 0 spiro atoms. The molecule has 1 aliphatic rings. The van der Waals surface area contributed by atoms with Gasteiger partial charge < -0.3 is 10.4 Å². The second-order valence-electron chi connectivity index (χ2n) is 4.59. The van der Waals surface area contributed by atoms with Gasteiger partial charge in [0.1, 0.15) is 5.01 Å². The van der Waals surface area contributed by atoms with E-state index in [-0.39, 0.29) is 6.61 Å². The minimum atomic E-state index is 0.287. The number of hydrogen-bond acceptors (Lipinski definition) is 4. The van der Waals surface area contributed by atoms with Crippen molar-refractivity contribution in [3.8, 4) is 0 Å². The molecule has 3 nitrogen and oxygen atoms in total. The van der Waals surface area contributed by atoms with E-state index in [2.05, 4.69) is 22.6 Å². The predicted octanol–water partition coefficient (Wildman–Crippen LogP) is 2.27. The predicted molar refractivity (Wildman–Crippen MR) is 66.7 cm³/mol. The highest BCUT2D eigenvalue weighted by Gasteiger charge is 2.25. The Hall–Kier alpha value is -0.450. The topological polar surface area (TPSA) is 45.1 Å². The summed E-state index contributed by atoms with van der Waals surface area (Å²) in [5.41, 5.74) is 1.30. The van der Waals surface area contributed by atoms with Crippen LogP contribution in [-0.2, 0) is 6.54 Å². The van der Waals surface area contributed by atoms with Gasteiger partial charge in [0.15, 0.2) is 0 Å². The van der Waals surface area contributed by atoms with Gasteiger partial charge >= 0.3 is 0 Å². The number of nitrogens with one attached hydrogen (secondary N) is 1. The summed E-state index contributed by atoms with van der Waals surface area (Å²) in [6.07, 6.45) is 4.55. The second-order valence-corrected chi connectivity index (χ2v) is 5.53. The number of thiazole rings is 1. The van der Waals surface area contributed by atoms with Crippen LogP contribution in [0.15, 0.2) is 5.38 Å². The molecule has 1 heterocycles. The van der Waals surface area contributed by atoms with E-state index in [1.165, 1.54) is 23.5 Å². The Morgan fingerprint density at radius 2 is 2.44 bits per heavy atom. The lowest BCUT2D eigenvalue weighted by Gasteiger charge is -2.11. The smallest absolute Gasteiger partial charge is 0.107 e. The number of rotatable bonds is 7. The maximum absolute atomic E-state index is 8.73. The van der Waals surface area contributed by atoms with Crippen molar-refractivity contribution >= 4 is 11.3 Å². The minimum absolute atomic E-state index is 0.287. The monoisotopic (exact) mass is 240 g/mol. The maximum atomic E-state index is 8.73. The lowest BCUT2D eigenvalue weighted by molar-refractivity contribution is 0.276. The highest BCUT2D eigenvalue weighted by molar-refractivity contribution is 7.09. The fraction of sp³-hybridized carbons (Fsp3) is 0.750. The summed E-state index contributed by atoms with van der Waals surface area (Å²) in [6, 6.07) is 0.459. The van der Waals surface area contributed by atoms with Crippen LogP contribution in [0.3, 0.4) is 0 Å². The Bertz CT molecular complexity index is 323.